The number of ether oxygens (including phenoxy) is 2. The lowest BCUT2D eigenvalue weighted by atomic mass is 9.87. The Bertz CT molecular complexity index is 555. The molecule has 27 heavy (non-hydrogen) atoms. The molecule has 0 atom stereocenters. The standard InChI is InChI=1S/C23H36O4/c1-5-6-7-8-9-10-11-18-26-21(24)16-17-22(25)27-20-14-12-19(13-15-20)23(2,3)4/h12-15H,5-11,16-18H2,1-4H3. The van der Waals surface area contributed by atoms with Crippen LogP contribution in [0.1, 0.15) is 91.0 Å². The van der Waals surface area contributed by atoms with E-state index in [1.165, 1.54) is 37.7 Å². The van der Waals surface area contributed by atoms with Gasteiger partial charge in [-0.15, -0.1) is 0 Å². The van der Waals surface area contributed by atoms with E-state index in [4.69, 9.17) is 9.47 Å². The number of carbonyl (C=O) groups is 2. The quantitative estimate of drug-likeness (QED) is 0.256. The van der Waals surface area contributed by atoms with Crippen molar-refractivity contribution in [1.29, 1.82) is 0 Å². The van der Waals surface area contributed by atoms with E-state index in [2.05, 4.69) is 27.7 Å². The molecule has 0 unspecified atom stereocenters. The minimum atomic E-state index is -0.411. The lowest BCUT2D eigenvalue weighted by molar-refractivity contribution is -0.147. The lowest BCUT2D eigenvalue weighted by Crippen LogP contribution is -2.13. The van der Waals surface area contributed by atoms with Crippen LogP contribution in [0.3, 0.4) is 0 Å². The maximum Gasteiger partial charge on any atom is 0.311 e. The topological polar surface area (TPSA) is 52.6 Å². The summed E-state index contributed by atoms with van der Waals surface area (Å²) in [6.45, 7) is 9.04. The van der Waals surface area contributed by atoms with E-state index in [9.17, 15) is 9.59 Å². The highest BCUT2D eigenvalue weighted by Crippen LogP contribution is 2.24. The van der Waals surface area contributed by atoms with Crippen molar-refractivity contribution in [1.82, 2.24) is 0 Å². The maximum atomic E-state index is 11.9. The van der Waals surface area contributed by atoms with Crippen LogP contribution >= 0.6 is 0 Å². The minimum Gasteiger partial charge on any atom is -0.466 e. The van der Waals surface area contributed by atoms with E-state index in [1.54, 1.807) is 12.1 Å². The Labute approximate surface area is 164 Å². The zero-order valence-electron chi connectivity index (χ0n) is 17.5. The number of benzene rings is 1. The van der Waals surface area contributed by atoms with Crippen LogP contribution in [0.4, 0.5) is 0 Å². The van der Waals surface area contributed by atoms with Gasteiger partial charge in [0.1, 0.15) is 5.75 Å². The molecule has 0 spiro atoms. The summed E-state index contributed by atoms with van der Waals surface area (Å²) < 4.78 is 10.5. The molecule has 0 bridgehead atoms. The van der Waals surface area contributed by atoms with Crippen molar-refractivity contribution in [2.45, 2.75) is 90.9 Å². The van der Waals surface area contributed by atoms with Crippen molar-refractivity contribution in [3.63, 3.8) is 0 Å². The number of hydrogen-bond donors (Lipinski definition) is 0. The first-order valence-corrected chi connectivity index (χ1v) is 10.3. The summed E-state index contributed by atoms with van der Waals surface area (Å²) in [7, 11) is 0. The second kappa shape index (κ2) is 12.5. The third-order valence-electron chi connectivity index (χ3n) is 4.50. The molecular weight excluding hydrogens is 340 g/mol. The number of unbranched alkanes of at least 4 members (excludes halogenated alkanes) is 6. The zero-order chi connectivity index (χ0) is 20.1. The molecule has 0 N–H and O–H groups in total. The molecule has 0 radical (unpaired) electrons. The van der Waals surface area contributed by atoms with E-state index < -0.39 is 5.97 Å². The summed E-state index contributed by atoms with van der Waals surface area (Å²) >= 11 is 0. The van der Waals surface area contributed by atoms with Gasteiger partial charge in [0.05, 0.1) is 19.4 Å². The number of rotatable bonds is 12. The number of hydrogen-bond acceptors (Lipinski definition) is 4. The molecular formula is C23H36O4. The molecule has 0 heterocycles. The normalized spacial score (nSPS) is 11.3. The van der Waals surface area contributed by atoms with E-state index in [1.807, 2.05) is 12.1 Å². The van der Waals surface area contributed by atoms with Crippen molar-refractivity contribution in [3.8, 4) is 5.75 Å². The fourth-order valence-corrected chi connectivity index (χ4v) is 2.73. The van der Waals surface area contributed by atoms with E-state index >= 15 is 0 Å². The Kier molecular flexibility index (Phi) is 10.8. The molecule has 0 aliphatic rings. The summed E-state index contributed by atoms with van der Waals surface area (Å²) in [6, 6.07) is 7.49. The van der Waals surface area contributed by atoms with E-state index in [-0.39, 0.29) is 24.2 Å². The van der Waals surface area contributed by atoms with Crippen LogP contribution in [0.5, 0.6) is 5.75 Å². The Balaban J connectivity index is 2.14. The molecule has 1 aromatic rings. The van der Waals surface area contributed by atoms with Gasteiger partial charge < -0.3 is 9.47 Å². The van der Waals surface area contributed by atoms with Crippen molar-refractivity contribution >= 4 is 11.9 Å². The third-order valence-corrected chi connectivity index (χ3v) is 4.50. The van der Waals surface area contributed by atoms with Gasteiger partial charge in [-0.3, -0.25) is 9.59 Å². The van der Waals surface area contributed by atoms with Crippen LogP contribution in [0.2, 0.25) is 0 Å². The fourth-order valence-electron chi connectivity index (χ4n) is 2.73. The summed E-state index contributed by atoms with van der Waals surface area (Å²) in [4.78, 5) is 23.6. The molecule has 0 saturated carbocycles. The van der Waals surface area contributed by atoms with Gasteiger partial charge in [0, 0.05) is 0 Å². The first kappa shape index (κ1) is 23.2. The first-order valence-electron chi connectivity index (χ1n) is 10.3. The molecule has 0 amide bonds. The lowest BCUT2D eigenvalue weighted by Gasteiger charge is -2.18. The fraction of sp³-hybridized carbons (Fsp3) is 0.652. The van der Waals surface area contributed by atoms with E-state index in [0.717, 1.165) is 12.8 Å². The molecule has 0 aliphatic carbocycles. The minimum absolute atomic E-state index is 0.0386. The van der Waals surface area contributed by atoms with Crippen LogP contribution in [-0.2, 0) is 19.7 Å². The van der Waals surface area contributed by atoms with Gasteiger partial charge in [-0.25, -0.2) is 0 Å². The first-order chi connectivity index (χ1) is 12.8. The monoisotopic (exact) mass is 376 g/mol. The number of carbonyl (C=O) groups excluding carboxylic acids is 2. The Morgan fingerprint density at radius 2 is 1.37 bits per heavy atom. The average Bonchev–Trinajstić information content (AvgIpc) is 2.62. The van der Waals surface area contributed by atoms with Gasteiger partial charge in [-0.05, 0) is 29.5 Å². The summed E-state index contributed by atoms with van der Waals surface area (Å²) in [5, 5.41) is 0. The largest absolute Gasteiger partial charge is 0.466 e. The SMILES string of the molecule is CCCCCCCCCOC(=O)CCC(=O)Oc1ccc(C(C)(C)C)cc1. The van der Waals surface area contributed by atoms with Gasteiger partial charge in [0.15, 0.2) is 0 Å². The predicted octanol–water partition coefficient (Wildman–Crippen LogP) is 5.96. The van der Waals surface area contributed by atoms with Crippen LogP contribution in [0.25, 0.3) is 0 Å². The van der Waals surface area contributed by atoms with Crippen LogP contribution in [0, 0.1) is 0 Å². The van der Waals surface area contributed by atoms with Crippen molar-refractivity contribution in [2.24, 2.45) is 0 Å². The Hall–Kier alpha value is -1.84. The maximum absolute atomic E-state index is 11.9. The molecule has 1 rings (SSSR count). The Morgan fingerprint density at radius 3 is 1.96 bits per heavy atom. The third kappa shape index (κ3) is 10.8. The molecule has 4 nitrogen and oxygen atoms in total. The highest BCUT2D eigenvalue weighted by molar-refractivity contribution is 5.79. The molecule has 0 aromatic heterocycles. The summed E-state index contributed by atoms with van der Waals surface area (Å²) in [5.41, 5.74) is 1.23. The zero-order valence-corrected chi connectivity index (χ0v) is 17.5. The van der Waals surface area contributed by atoms with Crippen LogP contribution < -0.4 is 4.74 Å². The van der Waals surface area contributed by atoms with Gasteiger partial charge in [-0.1, -0.05) is 78.4 Å². The van der Waals surface area contributed by atoms with Gasteiger partial charge in [0.25, 0.3) is 0 Å². The van der Waals surface area contributed by atoms with Gasteiger partial charge >= 0.3 is 11.9 Å². The Morgan fingerprint density at radius 1 is 0.815 bits per heavy atom. The molecule has 0 saturated heterocycles. The molecule has 0 fully saturated rings. The van der Waals surface area contributed by atoms with Crippen molar-refractivity contribution in [3.05, 3.63) is 29.8 Å². The van der Waals surface area contributed by atoms with Gasteiger partial charge in [0.2, 0.25) is 0 Å². The predicted molar refractivity (Wildman–Crippen MR) is 109 cm³/mol. The second-order valence-corrected chi connectivity index (χ2v) is 8.09. The smallest absolute Gasteiger partial charge is 0.311 e. The van der Waals surface area contributed by atoms with Crippen LogP contribution in [-0.4, -0.2) is 18.5 Å². The van der Waals surface area contributed by atoms with Gasteiger partial charge in [-0.2, -0.15) is 0 Å². The average molecular weight is 377 g/mol. The van der Waals surface area contributed by atoms with Crippen molar-refractivity contribution < 1.29 is 19.1 Å². The van der Waals surface area contributed by atoms with Crippen LogP contribution in [0.15, 0.2) is 24.3 Å². The molecule has 0 aliphatic heterocycles. The van der Waals surface area contributed by atoms with E-state index in [0.29, 0.717) is 12.4 Å². The molecule has 4 heteroatoms. The highest BCUT2D eigenvalue weighted by Gasteiger charge is 2.14. The highest BCUT2D eigenvalue weighted by atomic mass is 16.5. The van der Waals surface area contributed by atoms with Crippen molar-refractivity contribution in [2.75, 3.05) is 6.61 Å². The summed E-state index contributed by atoms with van der Waals surface area (Å²) in [6.07, 6.45) is 8.37. The number of esters is 2. The molecule has 152 valence electrons. The summed E-state index contributed by atoms with van der Waals surface area (Å²) in [5.74, 6) is -0.239. The second-order valence-electron chi connectivity index (χ2n) is 8.09. The molecule has 1 aromatic carbocycles.